The number of hydrogen-bond acceptors (Lipinski definition) is 2. The van der Waals surface area contributed by atoms with Crippen molar-refractivity contribution in [2.24, 2.45) is 10.8 Å². The van der Waals surface area contributed by atoms with E-state index in [1.807, 2.05) is 13.8 Å². The van der Waals surface area contributed by atoms with Crippen molar-refractivity contribution in [3.05, 3.63) is 0 Å². The highest BCUT2D eigenvalue weighted by Crippen LogP contribution is 2.31. The first-order valence-corrected chi connectivity index (χ1v) is 6.73. The minimum Gasteiger partial charge on any atom is -0.481 e. The van der Waals surface area contributed by atoms with Crippen LogP contribution in [0.4, 0.5) is 0 Å². The predicted molar refractivity (Wildman–Crippen MR) is 72.3 cm³/mol. The molecule has 4 heteroatoms. The van der Waals surface area contributed by atoms with Gasteiger partial charge in [0.1, 0.15) is 0 Å². The lowest BCUT2D eigenvalue weighted by Crippen LogP contribution is -2.39. The van der Waals surface area contributed by atoms with Gasteiger partial charge in [-0.3, -0.25) is 9.59 Å². The molecule has 0 bridgehead atoms. The maximum atomic E-state index is 11.9. The van der Waals surface area contributed by atoms with Gasteiger partial charge in [-0.15, -0.1) is 0 Å². The first kappa shape index (κ1) is 16.9. The number of nitrogens with one attached hydrogen (secondary N) is 1. The van der Waals surface area contributed by atoms with Crippen molar-refractivity contribution in [2.75, 3.05) is 6.54 Å². The fourth-order valence-corrected chi connectivity index (χ4v) is 1.71. The lowest BCUT2D eigenvalue weighted by atomic mass is 9.79. The first-order valence-electron chi connectivity index (χ1n) is 6.73. The summed E-state index contributed by atoms with van der Waals surface area (Å²) in [5.41, 5.74) is -0.861. The van der Waals surface area contributed by atoms with Crippen LogP contribution >= 0.6 is 0 Å². The average Bonchev–Trinajstić information content (AvgIpc) is 2.33. The highest BCUT2D eigenvalue weighted by molar-refractivity contribution is 5.84. The molecule has 0 aromatic heterocycles. The van der Waals surface area contributed by atoms with Crippen molar-refractivity contribution in [3.63, 3.8) is 0 Å². The molecule has 0 saturated heterocycles. The van der Waals surface area contributed by atoms with E-state index in [1.54, 1.807) is 0 Å². The second-order valence-corrected chi connectivity index (χ2v) is 5.76. The Hall–Kier alpha value is -1.06. The fourth-order valence-electron chi connectivity index (χ4n) is 1.71. The molecule has 0 radical (unpaired) electrons. The number of carbonyl (C=O) groups is 2. The van der Waals surface area contributed by atoms with E-state index in [9.17, 15) is 14.7 Å². The summed E-state index contributed by atoms with van der Waals surface area (Å²) in [6.07, 6.45) is 1.99. The number of carboxylic acid groups (broad SMARTS) is 1. The Morgan fingerprint density at radius 2 is 1.56 bits per heavy atom. The van der Waals surface area contributed by atoms with E-state index in [0.717, 1.165) is 6.42 Å². The van der Waals surface area contributed by atoms with Crippen LogP contribution in [0.15, 0.2) is 0 Å². The van der Waals surface area contributed by atoms with Gasteiger partial charge in [0.25, 0.3) is 0 Å². The largest absolute Gasteiger partial charge is 0.481 e. The third-order valence-corrected chi connectivity index (χ3v) is 4.03. The van der Waals surface area contributed by atoms with Crippen molar-refractivity contribution >= 4 is 11.9 Å². The molecule has 0 saturated carbocycles. The second kappa shape index (κ2) is 6.76. The van der Waals surface area contributed by atoms with Crippen LogP contribution in [0.3, 0.4) is 0 Å². The Labute approximate surface area is 110 Å². The van der Waals surface area contributed by atoms with Gasteiger partial charge in [-0.2, -0.15) is 0 Å². The van der Waals surface area contributed by atoms with Crippen LogP contribution in [-0.4, -0.2) is 23.5 Å². The monoisotopic (exact) mass is 257 g/mol. The minimum atomic E-state index is -0.916. The van der Waals surface area contributed by atoms with Crippen LogP contribution in [0.1, 0.15) is 60.3 Å². The van der Waals surface area contributed by atoms with E-state index in [1.165, 1.54) is 0 Å². The summed E-state index contributed by atoms with van der Waals surface area (Å²) in [7, 11) is 0. The molecule has 0 aliphatic heterocycles. The summed E-state index contributed by atoms with van der Waals surface area (Å²) in [6, 6.07) is 0. The third-order valence-electron chi connectivity index (χ3n) is 4.03. The second-order valence-electron chi connectivity index (χ2n) is 5.76. The highest BCUT2D eigenvalue weighted by Gasteiger charge is 2.37. The SMILES string of the molecule is CCC(C)(C)CNC(=O)CC(CC)(CC)C(=O)O. The molecule has 0 aromatic carbocycles. The number of rotatable bonds is 8. The van der Waals surface area contributed by atoms with Gasteiger partial charge in [0.15, 0.2) is 0 Å². The van der Waals surface area contributed by atoms with E-state index >= 15 is 0 Å². The standard InChI is InChI=1S/C14H27NO3/c1-6-13(4,5)10-15-11(16)9-14(7-2,8-3)12(17)18/h6-10H2,1-5H3,(H,15,16)(H,17,18). The van der Waals surface area contributed by atoms with Crippen LogP contribution < -0.4 is 5.32 Å². The maximum absolute atomic E-state index is 11.9. The quantitative estimate of drug-likeness (QED) is 0.702. The summed E-state index contributed by atoms with van der Waals surface area (Å²) in [5, 5.41) is 12.1. The molecule has 4 nitrogen and oxygen atoms in total. The maximum Gasteiger partial charge on any atom is 0.310 e. The number of carboxylic acids is 1. The van der Waals surface area contributed by atoms with Gasteiger partial charge >= 0.3 is 5.97 Å². The van der Waals surface area contributed by atoms with Gasteiger partial charge in [0, 0.05) is 13.0 Å². The molecular weight excluding hydrogens is 230 g/mol. The molecule has 0 aliphatic carbocycles. The lowest BCUT2D eigenvalue weighted by molar-refractivity contribution is -0.152. The Bertz CT molecular complexity index is 293. The Morgan fingerprint density at radius 3 is 1.89 bits per heavy atom. The summed E-state index contributed by atoms with van der Waals surface area (Å²) < 4.78 is 0. The van der Waals surface area contributed by atoms with E-state index in [0.29, 0.717) is 19.4 Å². The third kappa shape index (κ3) is 4.67. The molecule has 0 aromatic rings. The van der Waals surface area contributed by atoms with E-state index < -0.39 is 11.4 Å². The van der Waals surface area contributed by atoms with Gasteiger partial charge in [0.2, 0.25) is 5.91 Å². The summed E-state index contributed by atoms with van der Waals surface area (Å²) in [4.78, 5) is 23.2. The molecule has 0 rings (SSSR count). The topological polar surface area (TPSA) is 66.4 Å². The summed E-state index contributed by atoms with van der Waals surface area (Å²) in [5.74, 6) is -1.04. The smallest absolute Gasteiger partial charge is 0.310 e. The zero-order valence-electron chi connectivity index (χ0n) is 12.3. The molecular formula is C14H27NO3. The Kier molecular flexibility index (Phi) is 6.36. The van der Waals surface area contributed by atoms with Crippen molar-refractivity contribution in [2.45, 2.75) is 60.3 Å². The molecule has 18 heavy (non-hydrogen) atoms. The number of aliphatic carboxylic acids is 1. The molecule has 2 N–H and O–H groups in total. The average molecular weight is 257 g/mol. The van der Waals surface area contributed by atoms with Crippen LogP contribution in [0.2, 0.25) is 0 Å². The van der Waals surface area contributed by atoms with E-state index in [4.69, 9.17) is 0 Å². The molecule has 0 unspecified atom stereocenters. The molecule has 0 fully saturated rings. The highest BCUT2D eigenvalue weighted by atomic mass is 16.4. The van der Waals surface area contributed by atoms with Crippen LogP contribution in [0.5, 0.6) is 0 Å². The first-order chi connectivity index (χ1) is 8.23. The van der Waals surface area contributed by atoms with Crippen molar-refractivity contribution < 1.29 is 14.7 Å². The zero-order valence-corrected chi connectivity index (χ0v) is 12.3. The predicted octanol–water partition coefficient (Wildman–Crippen LogP) is 2.82. The number of amides is 1. The van der Waals surface area contributed by atoms with Crippen LogP contribution in [0, 0.1) is 10.8 Å². The van der Waals surface area contributed by atoms with Crippen molar-refractivity contribution in [1.29, 1.82) is 0 Å². The normalized spacial score (nSPS) is 12.3. The number of carbonyl (C=O) groups excluding carboxylic acids is 1. The Balaban J connectivity index is 4.50. The summed E-state index contributed by atoms with van der Waals surface area (Å²) >= 11 is 0. The summed E-state index contributed by atoms with van der Waals surface area (Å²) in [6.45, 7) is 10.5. The Morgan fingerprint density at radius 1 is 1.06 bits per heavy atom. The van der Waals surface area contributed by atoms with Gasteiger partial charge in [-0.25, -0.2) is 0 Å². The molecule has 0 atom stereocenters. The van der Waals surface area contributed by atoms with Gasteiger partial charge in [-0.1, -0.05) is 34.6 Å². The lowest BCUT2D eigenvalue weighted by Gasteiger charge is -2.28. The van der Waals surface area contributed by atoms with Gasteiger partial charge < -0.3 is 10.4 Å². The zero-order chi connectivity index (χ0) is 14.4. The van der Waals surface area contributed by atoms with Gasteiger partial charge in [0.05, 0.1) is 5.41 Å². The minimum absolute atomic E-state index is 0.0555. The molecule has 0 aliphatic rings. The molecule has 0 spiro atoms. The fraction of sp³-hybridized carbons (Fsp3) is 0.857. The number of hydrogen-bond donors (Lipinski definition) is 2. The van der Waals surface area contributed by atoms with Crippen molar-refractivity contribution in [3.8, 4) is 0 Å². The van der Waals surface area contributed by atoms with Crippen LogP contribution in [0.25, 0.3) is 0 Å². The molecule has 106 valence electrons. The van der Waals surface area contributed by atoms with Gasteiger partial charge in [-0.05, 0) is 24.7 Å². The molecule has 0 heterocycles. The van der Waals surface area contributed by atoms with E-state index in [2.05, 4.69) is 26.1 Å². The van der Waals surface area contributed by atoms with E-state index in [-0.39, 0.29) is 17.7 Å². The van der Waals surface area contributed by atoms with Crippen LogP contribution in [-0.2, 0) is 9.59 Å². The molecule has 1 amide bonds. The van der Waals surface area contributed by atoms with Crippen molar-refractivity contribution in [1.82, 2.24) is 5.32 Å².